The molecule has 3 nitrogen and oxygen atoms in total. The van der Waals surface area contributed by atoms with Crippen molar-refractivity contribution in [2.45, 2.75) is 31.4 Å². The van der Waals surface area contributed by atoms with E-state index in [1.54, 1.807) is 23.5 Å². The molecule has 0 fully saturated rings. The molecule has 1 amide bonds. The molecule has 1 atom stereocenters. The zero-order chi connectivity index (χ0) is 15.2. The number of amides is 1. The first-order valence-corrected chi connectivity index (χ1v) is 8.75. The average molecular weight is 318 g/mol. The van der Waals surface area contributed by atoms with E-state index in [1.807, 2.05) is 24.3 Å². The van der Waals surface area contributed by atoms with Crippen molar-refractivity contribution in [3.63, 3.8) is 0 Å². The summed E-state index contributed by atoms with van der Waals surface area (Å²) >= 11 is 3.18. The van der Waals surface area contributed by atoms with Crippen LogP contribution in [0.25, 0.3) is 0 Å². The largest absolute Gasteiger partial charge is 0.339 e. The summed E-state index contributed by atoms with van der Waals surface area (Å²) in [4.78, 5) is 12.0. The molecular formula is C16H18N2OS2. The lowest BCUT2D eigenvalue weighted by atomic mass is 10.1. The maximum atomic E-state index is 12.0. The Hall–Kier alpha value is -1.38. The molecule has 1 heterocycles. The van der Waals surface area contributed by atoms with Crippen LogP contribution in [-0.2, 0) is 10.5 Å². The van der Waals surface area contributed by atoms with Gasteiger partial charge in [-0.2, -0.15) is 5.26 Å². The summed E-state index contributed by atoms with van der Waals surface area (Å²) in [5, 5.41) is 12.2. The van der Waals surface area contributed by atoms with Gasteiger partial charge in [0.05, 0.1) is 9.61 Å². The zero-order valence-corrected chi connectivity index (χ0v) is 13.8. The van der Waals surface area contributed by atoms with E-state index in [1.165, 1.54) is 5.56 Å². The van der Waals surface area contributed by atoms with Gasteiger partial charge < -0.3 is 5.32 Å². The van der Waals surface area contributed by atoms with Gasteiger partial charge in [-0.1, -0.05) is 55.9 Å². The highest BCUT2D eigenvalue weighted by atomic mass is 32.2. The normalized spacial score (nSPS) is 18.6. The Morgan fingerprint density at radius 2 is 2.10 bits per heavy atom. The van der Waals surface area contributed by atoms with Gasteiger partial charge in [-0.15, -0.1) is 11.8 Å². The van der Waals surface area contributed by atoms with Gasteiger partial charge in [0.15, 0.2) is 0 Å². The van der Waals surface area contributed by atoms with Crippen molar-refractivity contribution in [3.05, 3.63) is 45.7 Å². The van der Waals surface area contributed by atoms with Crippen molar-refractivity contribution in [2.24, 2.45) is 5.92 Å². The monoisotopic (exact) mass is 318 g/mol. The lowest BCUT2D eigenvalue weighted by Crippen LogP contribution is -2.37. The number of hydrogen-bond donors (Lipinski definition) is 1. The highest BCUT2D eigenvalue weighted by Crippen LogP contribution is 2.40. The number of carbonyl (C=O) groups is 1. The van der Waals surface area contributed by atoms with E-state index < -0.39 is 0 Å². The third-order valence-electron chi connectivity index (χ3n) is 2.98. The van der Waals surface area contributed by atoms with Crippen LogP contribution in [0.2, 0.25) is 0 Å². The molecule has 0 bridgehead atoms. The topological polar surface area (TPSA) is 52.9 Å². The Morgan fingerprint density at radius 3 is 2.71 bits per heavy atom. The number of benzene rings is 1. The molecular weight excluding hydrogens is 300 g/mol. The van der Waals surface area contributed by atoms with Gasteiger partial charge in [0, 0.05) is 5.75 Å². The first-order chi connectivity index (χ1) is 10.1. The molecule has 1 aliphatic heterocycles. The standard InChI is InChI=1S/C16H18N2OS2/c1-11(2)8-14-18-15(19)13(9-17)16(21-14)20-10-12-6-4-3-5-7-12/h3-7,11,14H,8,10H2,1-2H3,(H,18,19). The fourth-order valence-corrected chi connectivity index (χ4v) is 4.72. The smallest absolute Gasteiger partial charge is 0.264 e. The van der Waals surface area contributed by atoms with Crippen molar-refractivity contribution in [1.29, 1.82) is 5.26 Å². The second-order valence-electron chi connectivity index (χ2n) is 5.26. The molecule has 1 N–H and O–H groups in total. The molecule has 1 aliphatic rings. The molecule has 0 saturated heterocycles. The van der Waals surface area contributed by atoms with Crippen molar-refractivity contribution in [1.82, 2.24) is 5.32 Å². The number of rotatable bonds is 5. The van der Waals surface area contributed by atoms with Crippen LogP contribution in [0.15, 0.2) is 40.1 Å². The van der Waals surface area contributed by atoms with Gasteiger partial charge in [0.1, 0.15) is 11.6 Å². The Kier molecular flexibility index (Phi) is 5.77. The van der Waals surface area contributed by atoms with Crippen molar-refractivity contribution < 1.29 is 4.79 Å². The van der Waals surface area contributed by atoms with Crippen molar-refractivity contribution >= 4 is 29.4 Å². The van der Waals surface area contributed by atoms with Crippen LogP contribution >= 0.6 is 23.5 Å². The van der Waals surface area contributed by atoms with Crippen LogP contribution in [-0.4, -0.2) is 11.3 Å². The van der Waals surface area contributed by atoms with Crippen LogP contribution in [0.5, 0.6) is 0 Å². The molecule has 5 heteroatoms. The number of nitriles is 1. The third kappa shape index (κ3) is 4.55. The predicted molar refractivity (Wildman–Crippen MR) is 89.4 cm³/mol. The molecule has 21 heavy (non-hydrogen) atoms. The predicted octanol–water partition coefficient (Wildman–Crippen LogP) is 3.89. The summed E-state index contributed by atoms with van der Waals surface area (Å²) in [5.74, 6) is 1.04. The molecule has 0 radical (unpaired) electrons. The number of carbonyl (C=O) groups excluding carboxylic acids is 1. The Balaban J connectivity index is 2.09. The molecule has 1 aromatic carbocycles. The van der Waals surface area contributed by atoms with Crippen molar-refractivity contribution in [2.75, 3.05) is 0 Å². The molecule has 2 rings (SSSR count). The van der Waals surface area contributed by atoms with E-state index in [0.29, 0.717) is 5.92 Å². The fraction of sp³-hybridized carbons (Fsp3) is 0.375. The van der Waals surface area contributed by atoms with E-state index >= 15 is 0 Å². The van der Waals surface area contributed by atoms with Gasteiger partial charge in [-0.3, -0.25) is 4.79 Å². The summed E-state index contributed by atoms with van der Waals surface area (Å²) in [6.45, 7) is 4.26. The Bertz CT molecular complexity index is 576. The minimum Gasteiger partial charge on any atom is -0.339 e. The summed E-state index contributed by atoms with van der Waals surface area (Å²) < 4.78 is 0.843. The Morgan fingerprint density at radius 1 is 1.38 bits per heavy atom. The van der Waals surface area contributed by atoms with Gasteiger partial charge in [0.25, 0.3) is 5.91 Å². The first kappa shape index (κ1) is 16.0. The summed E-state index contributed by atoms with van der Waals surface area (Å²) in [7, 11) is 0. The van der Waals surface area contributed by atoms with Gasteiger partial charge >= 0.3 is 0 Å². The maximum Gasteiger partial charge on any atom is 0.264 e. The highest BCUT2D eigenvalue weighted by molar-refractivity contribution is 8.22. The van der Waals surface area contributed by atoms with E-state index in [0.717, 1.165) is 16.4 Å². The van der Waals surface area contributed by atoms with Gasteiger partial charge in [-0.05, 0) is 17.9 Å². The minimum atomic E-state index is -0.238. The lowest BCUT2D eigenvalue weighted by molar-refractivity contribution is -0.117. The van der Waals surface area contributed by atoms with Crippen LogP contribution in [0.4, 0.5) is 0 Å². The van der Waals surface area contributed by atoms with E-state index in [4.69, 9.17) is 0 Å². The number of nitrogens with one attached hydrogen (secondary N) is 1. The number of hydrogen-bond acceptors (Lipinski definition) is 4. The van der Waals surface area contributed by atoms with Crippen LogP contribution < -0.4 is 5.32 Å². The van der Waals surface area contributed by atoms with Crippen LogP contribution in [0, 0.1) is 17.2 Å². The number of thioether (sulfide) groups is 2. The molecule has 1 unspecified atom stereocenters. The molecule has 0 saturated carbocycles. The SMILES string of the molecule is CC(C)CC1NC(=O)C(C#N)=C(SCc2ccccc2)S1. The van der Waals surface area contributed by atoms with Gasteiger partial charge in [-0.25, -0.2) is 0 Å². The average Bonchev–Trinajstić information content (AvgIpc) is 2.45. The minimum absolute atomic E-state index is 0.0628. The van der Waals surface area contributed by atoms with Crippen molar-refractivity contribution in [3.8, 4) is 6.07 Å². The van der Waals surface area contributed by atoms with E-state index in [9.17, 15) is 10.1 Å². The molecule has 0 aromatic heterocycles. The lowest BCUT2D eigenvalue weighted by Gasteiger charge is -2.26. The highest BCUT2D eigenvalue weighted by Gasteiger charge is 2.28. The second kappa shape index (κ2) is 7.58. The molecule has 0 aliphatic carbocycles. The first-order valence-electron chi connectivity index (χ1n) is 6.88. The zero-order valence-electron chi connectivity index (χ0n) is 12.1. The summed E-state index contributed by atoms with van der Waals surface area (Å²) in [6, 6.07) is 12.1. The van der Waals surface area contributed by atoms with E-state index in [-0.39, 0.29) is 16.9 Å². The molecule has 1 aromatic rings. The number of nitrogens with zero attached hydrogens (tertiary/aromatic N) is 1. The second-order valence-corrected chi connectivity index (χ2v) is 7.72. The maximum absolute atomic E-state index is 12.0. The van der Waals surface area contributed by atoms with Crippen LogP contribution in [0.1, 0.15) is 25.8 Å². The van der Waals surface area contributed by atoms with Gasteiger partial charge in [0.2, 0.25) is 0 Å². The summed E-state index contributed by atoms with van der Waals surface area (Å²) in [6.07, 6.45) is 0.907. The summed E-state index contributed by atoms with van der Waals surface area (Å²) in [5.41, 5.74) is 1.44. The van der Waals surface area contributed by atoms with E-state index in [2.05, 4.69) is 31.3 Å². The molecule has 110 valence electrons. The Labute approximate surface area is 134 Å². The quantitative estimate of drug-likeness (QED) is 0.895. The third-order valence-corrected chi connectivity index (χ3v) is 5.58. The fourth-order valence-electron chi connectivity index (χ4n) is 1.99. The van der Waals surface area contributed by atoms with Crippen LogP contribution in [0.3, 0.4) is 0 Å². The molecule has 0 spiro atoms.